The second-order valence-corrected chi connectivity index (χ2v) is 5.37. The lowest BCUT2D eigenvalue weighted by molar-refractivity contribution is -0.115. The van der Waals surface area contributed by atoms with Gasteiger partial charge in [0.1, 0.15) is 5.82 Å². The van der Waals surface area contributed by atoms with E-state index in [2.05, 4.69) is 26.2 Å². The van der Waals surface area contributed by atoms with Gasteiger partial charge < -0.3 is 11.1 Å². The second-order valence-electron chi connectivity index (χ2n) is 4.52. The van der Waals surface area contributed by atoms with Crippen molar-refractivity contribution in [1.29, 1.82) is 0 Å². The summed E-state index contributed by atoms with van der Waals surface area (Å²) >= 11 is 3.38. The maximum absolute atomic E-state index is 12.0. The number of aromatic nitrogens is 1. The number of benzene rings is 1. The second kappa shape index (κ2) is 6.63. The van der Waals surface area contributed by atoms with Gasteiger partial charge in [0.05, 0.1) is 6.42 Å². The lowest BCUT2D eigenvalue weighted by Gasteiger charge is -2.09. The number of nitrogens with two attached hydrogens (primary N) is 1. The Morgan fingerprint density at radius 1 is 1.35 bits per heavy atom. The molecule has 0 radical (unpaired) electrons. The molecular weight excluding hydrogens is 318 g/mol. The van der Waals surface area contributed by atoms with Gasteiger partial charge in [-0.3, -0.25) is 4.79 Å². The van der Waals surface area contributed by atoms with E-state index < -0.39 is 0 Å². The van der Waals surface area contributed by atoms with Gasteiger partial charge in [-0.15, -0.1) is 0 Å². The molecule has 3 N–H and O–H groups in total. The highest BCUT2D eigenvalue weighted by atomic mass is 79.9. The first-order valence-electron chi connectivity index (χ1n) is 6.29. The summed E-state index contributed by atoms with van der Waals surface area (Å²) in [5, 5.41) is 2.80. The van der Waals surface area contributed by atoms with Crippen LogP contribution in [0.1, 0.15) is 16.7 Å². The van der Waals surface area contributed by atoms with Gasteiger partial charge in [0.25, 0.3) is 0 Å². The lowest BCUT2D eigenvalue weighted by Crippen LogP contribution is -2.17. The van der Waals surface area contributed by atoms with Crippen LogP contribution in [0.15, 0.2) is 41.0 Å². The van der Waals surface area contributed by atoms with Crippen LogP contribution in [0.3, 0.4) is 0 Å². The van der Waals surface area contributed by atoms with Crippen molar-refractivity contribution in [3.05, 3.63) is 57.7 Å². The number of hydrogen-bond acceptors (Lipinski definition) is 3. The summed E-state index contributed by atoms with van der Waals surface area (Å²) in [7, 11) is 0. The summed E-state index contributed by atoms with van der Waals surface area (Å²) in [5.41, 5.74) is 8.63. The Morgan fingerprint density at radius 2 is 2.05 bits per heavy atom. The number of rotatable bonds is 4. The predicted molar refractivity (Wildman–Crippen MR) is 83.3 cm³/mol. The van der Waals surface area contributed by atoms with Crippen molar-refractivity contribution in [3.8, 4) is 0 Å². The number of aryl methyl sites for hydroxylation is 1. The van der Waals surface area contributed by atoms with Crippen LogP contribution < -0.4 is 11.1 Å². The number of hydrogen-bond donors (Lipinski definition) is 2. The molecule has 2 aromatic rings. The molecule has 0 aliphatic rings. The van der Waals surface area contributed by atoms with Gasteiger partial charge in [0.2, 0.25) is 5.91 Å². The minimum Gasteiger partial charge on any atom is -0.326 e. The van der Waals surface area contributed by atoms with Gasteiger partial charge >= 0.3 is 0 Å². The first kappa shape index (κ1) is 14.7. The molecule has 1 amide bonds. The van der Waals surface area contributed by atoms with Crippen molar-refractivity contribution in [1.82, 2.24) is 4.98 Å². The highest BCUT2D eigenvalue weighted by Gasteiger charge is 2.08. The summed E-state index contributed by atoms with van der Waals surface area (Å²) in [4.78, 5) is 16.2. The van der Waals surface area contributed by atoms with Gasteiger partial charge in [-0.2, -0.15) is 0 Å². The van der Waals surface area contributed by atoms with E-state index in [1.54, 1.807) is 6.20 Å². The van der Waals surface area contributed by atoms with Crippen LogP contribution in [-0.2, 0) is 17.8 Å². The molecule has 0 saturated heterocycles. The van der Waals surface area contributed by atoms with E-state index in [9.17, 15) is 4.79 Å². The van der Waals surface area contributed by atoms with Crippen molar-refractivity contribution in [2.75, 3.05) is 5.32 Å². The maximum Gasteiger partial charge on any atom is 0.229 e. The van der Waals surface area contributed by atoms with Crippen LogP contribution >= 0.6 is 15.9 Å². The lowest BCUT2D eigenvalue weighted by atomic mass is 10.0. The summed E-state index contributed by atoms with van der Waals surface area (Å²) in [6.45, 7) is 2.38. The first-order chi connectivity index (χ1) is 9.60. The molecule has 20 heavy (non-hydrogen) atoms. The van der Waals surface area contributed by atoms with Gasteiger partial charge in [-0.25, -0.2) is 4.98 Å². The van der Waals surface area contributed by atoms with Crippen molar-refractivity contribution < 1.29 is 4.79 Å². The van der Waals surface area contributed by atoms with E-state index in [-0.39, 0.29) is 5.91 Å². The molecule has 1 heterocycles. The van der Waals surface area contributed by atoms with E-state index in [0.717, 1.165) is 21.2 Å². The molecule has 1 aromatic heterocycles. The van der Waals surface area contributed by atoms with Crippen LogP contribution in [0.5, 0.6) is 0 Å². The SMILES string of the molecule is Cc1cc(NC(=O)Cc2ccccc2CN)ncc1Br. The molecule has 0 atom stereocenters. The average molecular weight is 334 g/mol. The van der Waals surface area contributed by atoms with E-state index >= 15 is 0 Å². The van der Waals surface area contributed by atoms with Crippen LogP contribution in [-0.4, -0.2) is 10.9 Å². The summed E-state index contributed by atoms with van der Waals surface area (Å²) in [6.07, 6.45) is 1.98. The average Bonchev–Trinajstić information content (AvgIpc) is 2.43. The molecule has 0 spiro atoms. The van der Waals surface area contributed by atoms with Gasteiger partial charge in [0.15, 0.2) is 0 Å². The molecule has 4 nitrogen and oxygen atoms in total. The highest BCUT2D eigenvalue weighted by Crippen LogP contribution is 2.17. The van der Waals surface area contributed by atoms with Crippen molar-refractivity contribution >= 4 is 27.7 Å². The third kappa shape index (κ3) is 3.65. The van der Waals surface area contributed by atoms with Crippen molar-refractivity contribution in [2.45, 2.75) is 19.9 Å². The summed E-state index contributed by atoms with van der Waals surface area (Å²) in [5.74, 6) is 0.459. The smallest absolute Gasteiger partial charge is 0.229 e. The van der Waals surface area contributed by atoms with Crippen LogP contribution in [0.4, 0.5) is 5.82 Å². The van der Waals surface area contributed by atoms with Crippen molar-refractivity contribution in [3.63, 3.8) is 0 Å². The minimum atomic E-state index is -0.0971. The molecule has 1 aromatic carbocycles. The van der Waals surface area contributed by atoms with Crippen LogP contribution in [0.25, 0.3) is 0 Å². The van der Waals surface area contributed by atoms with Gasteiger partial charge in [0, 0.05) is 17.2 Å². The molecule has 0 unspecified atom stereocenters. The minimum absolute atomic E-state index is 0.0971. The Morgan fingerprint density at radius 3 is 2.70 bits per heavy atom. The number of carbonyl (C=O) groups is 1. The first-order valence-corrected chi connectivity index (χ1v) is 7.08. The Bertz CT molecular complexity index is 628. The number of nitrogens with one attached hydrogen (secondary N) is 1. The zero-order valence-electron chi connectivity index (χ0n) is 11.2. The van der Waals surface area contributed by atoms with Crippen molar-refractivity contribution in [2.24, 2.45) is 5.73 Å². The quantitative estimate of drug-likeness (QED) is 0.903. The van der Waals surface area contributed by atoms with Crippen LogP contribution in [0.2, 0.25) is 0 Å². The maximum atomic E-state index is 12.0. The van der Waals surface area contributed by atoms with E-state index in [4.69, 9.17) is 5.73 Å². The molecule has 0 bridgehead atoms. The number of anilines is 1. The third-order valence-corrected chi connectivity index (χ3v) is 3.83. The normalized spacial score (nSPS) is 10.3. The number of carbonyl (C=O) groups excluding carboxylic acids is 1. The molecule has 0 saturated carbocycles. The number of halogens is 1. The number of pyridine rings is 1. The monoisotopic (exact) mass is 333 g/mol. The number of amides is 1. The Balaban J connectivity index is 2.07. The highest BCUT2D eigenvalue weighted by molar-refractivity contribution is 9.10. The molecule has 0 fully saturated rings. The fourth-order valence-corrected chi connectivity index (χ4v) is 2.11. The third-order valence-electron chi connectivity index (χ3n) is 3.00. The molecule has 0 aliphatic carbocycles. The number of nitrogens with zero attached hydrogens (tertiary/aromatic N) is 1. The topological polar surface area (TPSA) is 68.0 Å². The summed E-state index contributed by atoms with van der Waals surface area (Å²) in [6, 6.07) is 9.51. The largest absolute Gasteiger partial charge is 0.326 e. The van der Waals surface area contributed by atoms with Gasteiger partial charge in [-0.1, -0.05) is 24.3 Å². The molecule has 0 aliphatic heterocycles. The van der Waals surface area contributed by atoms with E-state index in [0.29, 0.717) is 18.8 Å². The van der Waals surface area contributed by atoms with Crippen LogP contribution in [0, 0.1) is 6.92 Å². The fraction of sp³-hybridized carbons (Fsp3) is 0.200. The fourth-order valence-electron chi connectivity index (χ4n) is 1.90. The van der Waals surface area contributed by atoms with E-state index in [1.165, 1.54) is 0 Å². The van der Waals surface area contributed by atoms with Gasteiger partial charge in [-0.05, 0) is 45.6 Å². The zero-order chi connectivity index (χ0) is 14.5. The Labute approximate surface area is 126 Å². The molecular formula is C15H16BrN3O. The molecule has 5 heteroatoms. The molecule has 104 valence electrons. The predicted octanol–water partition coefficient (Wildman–Crippen LogP) is 2.79. The Hall–Kier alpha value is -1.72. The summed E-state index contributed by atoms with van der Waals surface area (Å²) < 4.78 is 0.920. The zero-order valence-corrected chi connectivity index (χ0v) is 12.8. The molecule has 2 rings (SSSR count). The Kier molecular flexibility index (Phi) is 4.87. The van der Waals surface area contributed by atoms with E-state index in [1.807, 2.05) is 37.3 Å². The standard InChI is InChI=1S/C15H16BrN3O/c1-10-6-14(18-9-13(10)16)19-15(20)7-11-4-2-3-5-12(11)8-17/h2-6,9H,7-8,17H2,1H3,(H,18,19,20).